The van der Waals surface area contributed by atoms with Crippen molar-refractivity contribution in [3.8, 4) is 12.3 Å². The third kappa shape index (κ3) is 4.20. The molecule has 3 heteroatoms. The quantitative estimate of drug-likeness (QED) is 0.770. The summed E-state index contributed by atoms with van der Waals surface area (Å²) < 4.78 is 0. The lowest BCUT2D eigenvalue weighted by Crippen LogP contribution is -2.45. The molecule has 0 radical (unpaired) electrons. The second-order valence-electron chi connectivity index (χ2n) is 4.54. The summed E-state index contributed by atoms with van der Waals surface area (Å²) >= 11 is 0. The third-order valence-electron chi connectivity index (χ3n) is 2.65. The first-order valence-electron chi connectivity index (χ1n) is 5.62. The molecule has 3 nitrogen and oxygen atoms in total. The number of benzene rings is 1. The highest BCUT2D eigenvalue weighted by Gasteiger charge is 2.17. The summed E-state index contributed by atoms with van der Waals surface area (Å²) in [5.74, 6) is 2.53. The standard InChI is InChI=1S/C14H18N2O/c1-5-11-7-9-12(10-8-11)15-13(17)16-14(3,4)6-2/h1,7-10H,6H2,2-4H3,(H2,15,16,17). The van der Waals surface area contributed by atoms with E-state index >= 15 is 0 Å². The van der Waals surface area contributed by atoms with Gasteiger partial charge in [0.25, 0.3) is 0 Å². The number of nitrogens with one attached hydrogen (secondary N) is 2. The Morgan fingerprint density at radius 2 is 1.94 bits per heavy atom. The fourth-order valence-corrected chi connectivity index (χ4v) is 1.21. The molecule has 0 fully saturated rings. The van der Waals surface area contributed by atoms with Crippen LogP contribution in [0.3, 0.4) is 0 Å². The van der Waals surface area contributed by atoms with E-state index in [0.29, 0.717) is 0 Å². The molecule has 0 spiro atoms. The van der Waals surface area contributed by atoms with Crippen LogP contribution in [-0.4, -0.2) is 11.6 Å². The Morgan fingerprint density at radius 3 is 2.41 bits per heavy atom. The van der Waals surface area contributed by atoms with Crippen molar-refractivity contribution in [3.63, 3.8) is 0 Å². The van der Waals surface area contributed by atoms with Crippen LogP contribution in [0.2, 0.25) is 0 Å². The number of rotatable bonds is 3. The minimum Gasteiger partial charge on any atom is -0.333 e. The Balaban J connectivity index is 2.60. The number of amides is 2. The van der Waals surface area contributed by atoms with E-state index in [9.17, 15) is 4.79 Å². The summed E-state index contributed by atoms with van der Waals surface area (Å²) in [6, 6.07) is 6.95. The Morgan fingerprint density at radius 1 is 1.35 bits per heavy atom. The van der Waals surface area contributed by atoms with E-state index in [1.807, 2.05) is 20.8 Å². The maximum Gasteiger partial charge on any atom is 0.319 e. The van der Waals surface area contributed by atoms with Crippen LogP contribution in [0.4, 0.5) is 10.5 Å². The first-order valence-corrected chi connectivity index (χ1v) is 5.62. The van der Waals surface area contributed by atoms with Crippen LogP contribution in [0.15, 0.2) is 24.3 Å². The summed E-state index contributed by atoms with van der Waals surface area (Å²) in [6.07, 6.45) is 6.12. The van der Waals surface area contributed by atoms with Crippen LogP contribution in [0.25, 0.3) is 0 Å². The Labute approximate surface area is 103 Å². The van der Waals surface area contributed by atoms with Gasteiger partial charge in [0.1, 0.15) is 0 Å². The van der Waals surface area contributed by atoms with Gasteiger partial charge in [0.05, 0.1) is 0 Å². The molecule has 1 aromatic rings. The molecular weight excluding hydrogens is 212 g/mol. The van der Waals surface area contributed by atoms with Crippen LogP contribution in [0, 0.1) is 12.3 Å². The molecule has 0 bridgehead atoms. The van der Waals surface area contributed by atoms with Crippen molar-refractivity contribution in [1.82, 2.24) is 5.32 Å². The first kappa shape index (κ1) is 13.1. The summed E-state index contributed by atoms with van der Waals surface area (Å²) in [6.45, 7) is 5.99. The Kier molecular flexibility index (Phi) is 4.17. The average Bonchev–Trinajstić information content (AvgIpc) is 2.29. The van der Waals surface area contributed by atoms with E-state index in [1.54, 1.807) is 24.3 Å². The van der Waals surface area contributed by atoms with E-state index < -0.39 is 0 Å². The van der Waals surface area contributed by atoms with Gasteiger partial charge in [-0.05, 0) is 44.5 Å². The molecule has 0 saturated heterocycles. The first-order chi connectivity index (χ1) is 7.96. The molecule has 0 aromatic heterocycles. The van der Waals surface area contributed by atoms with Crippen molar-refractivity contribution in [3.05, 3.63) is 29.8 Å². The minimum absolute atomic E-state index is 0.203. The molecule has 0 heterocycles. The van der Waals surface area contributed by atoms with Crippen molar-refractivity contribution in [1.29, 1.82) is 0 Å². The molecule has 1 rings (SSSR count). The molecule has 1 aromatic carbocycles. The fraction of sp³-hybridized carbons (Fsp3) is 0.357. The maximum atomic E-state index is 11.7. The summed E-state index contributed by atoms with van der Waals surface area (Å²) in [5.41, 5.74) is 1.32. The molecule has 0 unspecified atom stereocenters. The molecular formula is C14H18N2O. The Bertz CT molecular complexity index is 427. The van der Waals surface area contributed by atoms with Gasteiger partial charge < -0.3 is 10.6 Å². The lowest BCUT2D eigenvalue weighted by Gasteiger charge is -2.24. The minimum atomic E-state index is -0.206. The van der Waals surface area contributed by atoms with Crippen LogP contribution in [0.1, 0.15) is 32.8 Å². The van der Waals surface area contributed by atoms with Gasteiger partial charge >= 0.3 is 6.03 Å². The lowest BCUT2D eigenvalue weighted by molar-refractivity contribution is 0.240. The van der Waals surface area contributed by atoms with Crippen LogP contribution in [-0.2, 0) is 0 Å². The van der Waals surface area contributed by atoms with Crippen LogP contribution >= 0.6 is 0 Å². The zero-order chi connectivity index (χ0) is 12.9. The van der Waals surface area contributed by atoms with Crippen molar-refractivity contribution >= 4 is 11.7 Å². The normalized spacial score (nSPS) is 10.5. The van der Waals surface area contributed by atoms with E-state index in [0.717, 1.165) is 17.7 Å². The van der Waals surface area contributed by atoms with E-state index in [1.165, 1.54) is 0 Å². The van der Waals surface area contributed by atoms with E-state index in [2.05, 4.69) is 16.6 Å². The van der Waals surface area contributed by atoms with Gasteiger partial charge in [-0.3, -0.25) is 0 Å². The molecule has 90 valence electrons. The third-order valence-corrected chi connectivity index (χ3v) is 2.65. The zero-order valence-electron chi connectivity index (χ0n) is 10.5. The lowest BCUT2D eigenvalue weighted by atomic mass is 10.0. The van der Waals surface area contributed by atoms with Gasteiger partial charge in [0.2, 0.25) is 0 Å². The van der Waals surface area contributed by atoms with Crippen molar-refractivity contribution in [2.75, 3.05) is 5.32 Å². The highest BCUT2D eigenvalue weighted by atomic mass is 16.2. The van der Waals surface area contributed by atoms with Gasteiger partial charge in [-0.15, -0.1) is 6.42 Å². The zero-order valence-corrected chi connectivity index (χ0v) is 10.5. The molecule has 0 aliphatic carbocycles. The fourth-order valence-electron chi connectivity index (χ4n) is 1.21. The second kappa shape index (κ2) is 5.40. The monoisotopic (exact) mass is 230 g/mol. The molecule has 0 aliphatic rings. The van der Waals surface area contributed by atoms with Crippen molar-refractivity contribution in [2.45, 2.75) is 32.7 Å². The van der Waals surface area contributed by atoms with Gasteiger partial charge in [-0.1, -0.05) is 12.8 Å². The number of anilines is 1. The number of hydrogen-bond donors (Lipinski definition) is 2. The van der Waals surface area contributed by atoms with Gasteiger partial charge in [-0.25, -0.2) is 4.79 Å². The number of carbonyl (C=O) groups is 1. The molecule has 2 N–H and O–H groups in total. The number of urea groups is 1. The summed E-state index contributed by atoms with van der Waals surface area (Å²) in [7, 11) is 0. The topological polar surface area (TPSA) is 41.1 Å². The molecule has 2 amide bonds. The molecule has 0 saturated carbocycles. The Hall–Kier alpha value is -1.95. The molecule has 17 heavy (non-hydrogen) atoms. The highest BCUT2D eigenvalue weighted by Crippen LogP contribution is 2.10. The smallest absolute Gasteiger partial charge is 0.319 e. The van der Waals surface area contributed by atoms with Crippen molar-refractivity contribution in [2.24, 2.45) is 0 Å². The molecule has 0 aliphatic heterocycles. The predicted molar refractivity (Wildman–Crippen MR) is 70.9 cm³/mol. The number of terminal acetylenes is 1. The maximum absolute atomic E-state index is 11.7. The van der Waals surface area contributed by atoms with Crippen LogP contribution < -0.4 is 10.6 Å². The van der Waals surface area contributed by atoms with Gasteiger partial charge in [0, 0.05) is 16.8 Å². The average molecular weight is 230 g/mol. The van der Waals surface area contributed by atoms with Gasteiger partial charge in [-0.2, -0.15) is 0 Å². The van der Waals surface area contributed by atoms with E-state index in [4.69, 9.17) is 6.42 Å². The summed E-state index contributed by atoms with van der Waals surface area (Å²) in [4.78, 5) is 11.7. The van der Waals surface area contributed by atoms with E-state index in [-0.39, 0.29) is 11.6 Å². The highest BCUT2D eigenvalue weighted by molar-refractivity contribution is 5.89. The number of carbonyl (C=O) groups excluding carboxylic acids is 1. The predicted octanol–water partition coefficient (Wildman–Crippen LogP) is 2.98. The summed E-state index contributed by atoms with van der Waals surface area (Å²) in [5, 5.41) is 5.66. The second-order valence-corrected chi connectivity index (χ2v) is 4.54. The van der Waals surface area contributed by atoms with Crippen LogP contribution in [0.5, 0.6) is 0 Å². The van der Waals surface area contributed by atoms with Crippen molar-refractivity contribution < 1.29 is 4.79 Å². The van der Waals surface area contributed by atoms with Gasteiger partial charge in [0.15, 0.2) is 0 Å². The number of hydrogen-bond acceptors (Lipinski definition) is 1. The largest absolute Gasteiger partial charge is 0.333 e. The SMILES string of the molecule is C#Cc1ccc(NC(=O)NC(C)(C)CC)cc1. The molecule has 0 atom stereocenters.